The van der Waals surface area contributed by atoms with Crippen LogP contribution < -0.4 is 11.1 Å². The largest absolute Gasteiger partial charge is 0.460 e. The van der Waals surface area contributed by atoms with E-state index in [0.29, 0.717) is 30.0 Å². The minimum absolute atomic E-state index is 0.0596. The van der Waals surface area contributed by atoms with Crippen molar-refractivity contribution >= 4 is 29.4 Å². The highest BCUT2D eigenvalue weighted by atomic mass is 35.5. The normalized spacial score (nSPS) is 14.9. The van der Waals surface area contributed by atoms with Gasteiger partial charge < -0.3 is 15.8 Å². The van der Waals surface area contributed by atoms with Gasteiger partial charge >= 0.3 is 5.97 Å². The van der Waals surface area contributed by atoms with E-state index in [4.69, 9.17) is 22.1 Å². The molecule has 1 aliphatic carbocycles. The molecule has 0 unspecified atom stereocenters. The predicted molar refractivity (Wildman–Crippen MR) is 84.5 cm³/mol. The summed E-state index contributed by atoms with van der Waals surface area (Å²) in [5.41, 5.74) is 5.42. The van der Waals surface area contributed by atoms with Crippen molar-refractivity contribution in [1.82, 2.24) is 5.32 Å². The van der Waals surface area contributed by atoms with Crippen LogP contribution in [-0.4, -0.2) is 24.3 Å². The lowest BCUT2D eigenvalue weighted by atomic mass is 10.1. The van der Waals surface area contributed by atoms with Crippen molar-refractivity contribution < 1.29 is 19.1 Å². The fourth-order valence-electron chi connectivity index (χ4n) is 2.25. The van der Waals surface area contributed by atoms with Crippen LogP contribution in [-0.2, 0) is 32.1 Å². The molecule has 7 heteroatoms. The molecule has 0 atom stereocenters. The number of primary amides is 1. The number of benzene rings is 1. The van der Waals surface area contributed by atoms with Crippen molar-refractivity contribution in [3.8, 4) is 0 Å². The molecule has 1 aromatic rings. The molecular formula is C16H19ClN2O4. The third-order valence-electron chi connectivity index (χ3n) is 3.82. The molecule has 3 N–H and O–H groups in total. The highest BCUT2D eigenvalue weighted by Gasteiger charge is 2.57. The Morgan fingerprint density at radius 2 is 2.04 bits per heavy atom. The van der Waals surface area contributed by atoms with Crippen LogP contribution in [0.25, 0.3) is 0 Å². The first-order valence-electron chi connectivity index (χ1n) is 7.40. The molecule has 0 bridgehead atoms. The summed E-state index contributed by atoms with van der Waals surface area (Å²) in [4.78, 5) is 34.9. The van der Waals surface area contributed by atoms with Gasteiger partial charge in [0.1, 0.15) is 12.0 Å². The molecule has 1 aliphatic rings. The molecule has 124 valence electrons. The summed E-state index contributed by atoms with van der Waals surface area (Å²) >= 11 is 6.09. The number of hydrogen-bond donors (Lipinski definition) is 2. The Morgan fingerprint density at radius 1 is 1.35 bits per heavy atom. The van der Waals surface area contributed by atoms with E-state index in [9.17, 15) is 14.4 Å². The number of esters is 1. The molecule has 1 saturated carbocycles. The van der Waals surface area contributed by atoms with E-state index in [0.717, 1.165) is 5.56 Å². The van der Waals surface area contributed by atoms with Crippen LogP contribution in [0.3, 0.4) is 0 Å². The van der Waals surface area contributed by atoms with Crippen LogP contribution in [0.4, 0.5) is 0 Å². The van der Waals surface area contributed by atoms with Crippen LogP contribution in [0.2, 0.25) is 5.02 Å². The van der Waals surface area contributed by atoms with E-state index >= 15 is 0 Å². The summed E-state index contributed by atoms with van der Waals surface area (Å²) in [6.07, 6.45) is 1.06. The molecule has 2 amide bonds. The molecule has 0 radical (unpaired) electrons. The van der Waals surface area contributed by atoms with Crippen LogP contribution in [0.15, 0.2) is 18.2 Å². The number of carbonyl (C=O) groups is 3. The van der Waals surface area contributed by atoms with E-state index in [1.807, 2.05) is 6.92 Å². The number of carbonyl (C=O) groups excluding carboxylic acids is 3. The molecule has 0 aliphatic heterocycles. The lowest BCUT2D eigenvalue weighted by molar-refractivity contribution is -0.155. The molecule has 1 aromatic carbocycles. The smallest absolute Gasteiger partial charge is 0.321 e. The fourth-order valence-corrected chi connectivity index (χ4v) is 2.42. The van der Waals surface area contributed by atoms with Crippen LogP contribution in [0, 0.1) is 5.41 Å². The van der Waals surface area contributed by atoms with Crippen molar-refractivity contribution in [3.05, 3.63) is 34.3 Å². The molecular weight excluding hydrogens is 320 g/mol. The number of nitrogens with two attached hydrogens (primary N) is 1. The SMILES string of the molecule is CCNC(=O)Cc1ccc(Cl)c(COC(=O)C2(C(N)=O)CC2)c1. The quantitative estimate of drug-likeness (QED) is 0.578. The van der Waals surface area contributed by atoms with Crippen LogP contribution in [0.1, 0.15) is 30.9 Å². The summed E-state index contributed by atoms with van der Waals surface area (Å²) in [5, 5.41) is 3.14. The van der Waals surface area contributed by atoms with E-state index in [1.165, 1.54) is 0 Å². The first kappa shape index (κ1) is 17.3. The third kappa shape index (κ3) is 4.01. The van der Waals surface area contributed by atoms with Gasteiger partial charge in [-0.1, -0.05) is 23.7 Å². The standard InChI is InChI=1S/C16H19ClN2O4/c1-2-19-13(20)8-10-3-4-12(17)11(7-10)9-23-15(22)16(5-6-16)14(18)21/h3-4,7H,2,5-6,8-9H2,1H3,(H2,18,21)(H,19,20). The van der Waals surface area contributed by atoms with Gasteiger partial charge in [0.25, 0.3) is 0 Å². The Balaban J connectivity index is 2.01. The van der Waals surface area contributed by atoms with E-state index in [-0.39, 0.29) is 18.9 Å². The molecule has 0 saturated heterocycles. The first-order valence-corrected chi connectivity index (χ1v) is 7.78. The molecule has 6 nitrogen and oxygen atoms in total. The van der Waals surface area contributed by atoms with Gasteiger partial charge in [-0.25, -0.2) is 0 Å². The zero-order valence-electron chi connectivity index (χ0n) is 12.9. The Labute approximate surface area is 139 Å². The lowest BCUT2D eigenvalue weighted by Gasteiger charge is -2.12. The van der Waals surface area contributed by atoms with E-state index in [2.05, 4.69) is 5.32 Å². The number of nitrogens with one attached hydrogen (secondary N) is 1. The summed E-state index contributed by atoms with van der Waals surface area (Å²) in [7, 11) is 0. The molecule has 23 heavy (non-hydrogen) atoms. The minimum Gasteiger partial charge on any atom is -0.460 e. The average molecular weight is 339 g/mol. The topological polar surface area (TPSA) is 98.5 Å². The highest BCUT2D eigenvalue weighted by Crippen LogP contribution is 2.46. The number of rotatable bonds is 7. The number of amides is 2. The second kappa shape index (κ2) is 7.00. The van der Waals surface area contributed by atoms with Gasteiger partial charge in [-0.05, 0) is 31.4 Å². The summed E-state index contributed by atoms with van der Waals surface area (Å²) in [5.74, 6) is -1.36. The third-order valence-corrected chi connectivity index (χ3v) is 4.19. The van der Waals surface area contributed by atoms with Crippen molar-refractivity contribution in [2.45, 2.75) is 32.8 Å². The molecule has 1 fully saturated rings. The van der Waals surface area contributed by atoms with Crippen molar-refractivity contribution in [2.24, 2.45) is 11.1 Å². The molecule has 0 heterocycles. The first-order chi connectivity index (χ1) is 10.9. The number of ether oxygens (including phenoxy) is 1. The molecule has 0 aromatic heterocycles. The predicted octanol–water partition coefficient (Wildman–Crippen LogP) is 1.33. The van der Waals surface area contributed by atoms with Crippen molar-refractivity contribution in [2.75, 3.05) is 6.54 Å². The van der Waals surface area contributed by atoms with Gasteiger partial charge in [0, 0.05) is 17.1 Å². The monoisotopic (exact) mass is 338 g/mol. The maximum absolute atomic E-state index is 12.0. The van der Waals surface area contributed by atoms with E-state index < -0.39 is 17.3 Å². The Hall–Kier alpha value is -2.08. The molecule has 2 rings (SSSR count). The second-order valence-electron chi connectivity index (χ2n) is 5.58. The fraction of sp³-hybridized carbons (Fsp3) is 0.438. The van der Waals surface area contributed by atoms with Crippen LogP contribution in [0.5, 0.6) is 0 Å². The van der Waals surface area contributed by atoms with Crippen molar-refractivity contribution in [3.63, 3.8) is 0 Å². The Bertz CT molecular complexity index is 641. The van der Waals surface area contributed by atoms with Gasteiger partial charge in [0.15, 0.2) is 0 Å². The van der Waals surface area contributed by atoms with Gasteiger partial charge in [0.2, 0.25) is 11.8 Å². The summed E-state index contributed by atoms with van der Waals surface area (Å²) in [6, 6.07) is 5.11. The zero-order chi connectivity index (χ0) is 17.0. The number of halogens is 1. The maximum Gasteiger partial charge on any atom is 0.321 e. The number of hydrogen-bond acceptors (Lipinski definition) is 4. The second-order valence-corrected chi connectivity index (χ2v) is 5.99. The lowest BCUT2D eigenvalue weighted by Crippen LogP contribution is -2.33. The minimum atomic E-state index is -1.16. The Morgan fingerprint density at radius 3 is 2.61 bits per heavy atom. The zero-order valence-corrected chi connectivity index (χ0v) is 13.6. The van der Waals surface area contributed by atoms with Gasteiger partial charge in [-0.2, -0.15) is 0 Å². The van der Waals surface area contributed by atoms with Crippen molar-refractivity contribution in [1.29, 1.82) is 0 Å². The average Bonchev–Trinajstić information content (AvgIpc) is 3.29. The number of likely N-dealkylation sites (N-methyl/N-ethyl adjacent to an activating group) is 1. The Kier molecular flexibility index (Phi) is 5.26. The molecule has 0 spiro atoms. The maximum atomic E-state index is 12.0. The van der Waals surface area contributed by atoms with Gasteiger partial charge in [0.05, 0.1) is 6.42 Å². The van der Waals surface area contributed by atoms with E-state index in [1.54, 1.807) is 18.2 Å². The van der Waals surface area contributed by atoms with Gasteiger partial charge in [-0.15, -0.1) is 0 Å². The summed E-state index contributed by atoms with van der Waals surface area (Å²) < 4.78 is 5.18. The summed E-state index contributed by atoms with van der Waals surface area (Å²) in [6.45, 7) is 2.35. The highest BCUT2D eigenvalue weighted by molar-refractivity contribution is 6.31. The van der Waals surface area contributed by atoms with Gasteiger partial charge in [-0.3, -0.25) is 14.4 Å². The van der Waals surface area contributed by atoms with Crippen LogP contribution >= 0.6 is 11.6 Å².